The first-order valence-corrected chi connectivity index (χ1v) is 14.8. The van der Waals surface area contributed by atoms with Crippen LogP contribution in [0.5, 0.6) is 0 Å². The van der Waals surface area contributed by atoms with Gasteiger partial charge >= 0.3 is 18.3 Å². The van der Waals surface area contributed by atoms with E-state index in [1.54, 1.807) is 20.8 Å². The highest BCUT2D eigenvalue weighted by molar-refractivity contribution is 7.83. The molecular formula is C27H35F6N3O4S. The average Bonchev–Trinajstić information content (AvgIpc) is 3.35. The van der Waals surface area contributed by atoms with E-state index >= 15 is 0 Å². The Bertz CT molecular complexity index is 1180. The molecule has 0 bridgehead atoms. The Labute approximate surface area is 237 Å². The molecule has 3 atom stereocenters. The molecule has 1 saturated carbocycles. The van der Waals surface area contributed by atoms with Crippen molar-refractivity contribution in [2.75, 3.05) is 19.8 Å². The highest BCUT2D eigenvalue weighted by Crippen LogP contribution is 2.39. The molecule has 1 aromatic rings. The number of carbonyl (C=O) groups excluding carboxylic acids is 2. The monoisotopic (exact) mass is 611 g/mol. The average molecular weight is 612 g/mol. The Morgan fingerprint density at radius 3 is 2.24 bits per heavy atom. The third-order valence-electron chi connectivity index (χ3n) is 7.74. The van der Waals surface area contributed by atoms with Gasteiger partial charge in [-0.3, -0.25) is 9.59 Å². The predicted octanol–water partition coefficient (Wildman–Crippen LogP) is 4.74. The van der Waals surface area contributed by atoms with Crippen LogP contribution in [-0.4, -0.2) is 69.4 Å². The molecule has 2 amide bonds. The van der Waals surface area contributed by atoms with E-state index in [0.717, 1.165) is 17.0 Å². The molecule has 14 heteroatoms. The van der Waals surface area contributed by atoms with Gasteiger partial charge in [0.25, 0.3) is 0 Å². The van der Waals surface area contributed by atoms with Gasteiger partial charge in [-0.1, -0.05) is 0 Å². The normalized spacial score (nSPS) is 23.3. The summed E-state index contributed by atoms with van der Waals surface area (Å²) in [5.41, 5.74) is -0.872. The van der Waals surface area contributed by atoms with Crippen molar-refractivity contribution in [1.29, 1.82) is 0 Å². The van der Waals surface area contributed by atoms with Crippen molar-refractivity contribution < 1.29 is 44.9 Å². The Kier molecular flexibility index (Phi) is 9.16. The highest BCUT2D eigenvalue weighted by atomic mass is 32.2. The van der Waals surface area contributed by atoms with E-state index < -0.39 is 58.3 Å². The summed E-state index contributed by atoms with van der Waals surface area (Å²) in [5, 5.41) is 0. The molecule has 3 unspecified atom stereocenters. The van der Waals surface area contributed by atoms with Crippen LogP contribution >= 0.6 is 0 Å². The summed E-state index contributed by atoms with van der Waals surface area (Å²) < 4.78 is 103. The fourth-order valence-corrected chi connectivity index (χ4v) is 7.30. The van der Waals surface area contributed by atoms with Gasteiger partial charge in [0.05, 0.1) is 10.5 Å². The van der Waals surface area contributed by atoms with Crippen molar-refractivity contribution in [1.82, 2.24) is 14.5 Å². The summed E-state index contributed by atoms with van der Waals surface area (Å²) in [6.45, 7) is 5.75. The topological polar surface area (TPSA) is 79.0 Å². The van der Waals surface area contributed by atoms with E-state index in [1.807, 2.05) is 0 Å². The lowest BCUT2D eigenvalue weighted by molar-refractivity contribution is -0.192. The molecule has 0 aromatic heterocycles. The minimum absolute atomic E-state index is 0.0237. The number of carbonyl (C=O) groups is 2. The Morgan fingerprint density at radius 2 is 1.66 bits per heavy atom. The fourth-order valence-electron chi connectivity index (χ4n) is 5.94. The van der Waals surface area contributed by atoms with Crippen LogP contribution in [0.4, 0.5) is 26.3 Å². The van der Waals surface area contributed by atoms with Gasteiger partial charge in [0.2, 0.25) is 5.91 Å². The maximum atomic E-state index is 13.7. The Balaban J connectivity index is 1.54. The lowest BCUT2D eigenvalue weighted by Crippen LogP contribution is -2.53. The second kappa shape index (κ2) is 11.8. The number of halogens is 6. The number of nitrogens with zero attached hydrogens (tertiary/aromatic N) is 2. The number of fused-ring (bicyclic) bond motifs is 1. The van der Waals surface area contributed by atoms with Gasteiger partial charge in [0.15, 0.2) is 0 Å². The lowest BCUT2D eigenvalue weighted by atomic mass is 9.95. The van der Waals surface area contributed by atoms with Crippen molar-refractivity contribution in [3.8, 4) is 0 Å². The minimum Gasteiger partial charge on any atom is -0.381 e. The number of alkyl halides is 6. The van der Waals surface area contributed by atoms with Gasteiger partial charge < -0.3 is 14.5 Å². The summed E-state index contributed by atoms with van der Waals surface area (Å²) >= 11 is 0. The summed E-state index contributed by atoms with van der Waals surface area (Å²) in [4.78, 5) is 28.2. The number of hydrogen-bond acceptors (Lipinski definition) is 4. The van der Waals surface area contributed by atoms with Crippen molar-refractivity contribution >= 4 is 22.8 Å². The third-order valence-corrected chi connectivity index (χ3v) is 9.30. The maximum Gasteiger partial charge on any atom is 0.471 e. The number of benzene rings is 1. The number of hydrogen-bond donors (Lipinski definition) is 1. The van der Waals surface area contributed by atoms with Gasteiger partial charge in [-0.05, 0) is 82.6 Å². The molecule has 0 radical (unpaired) electrons. The fraction of sp³-hybridized carbons (Fsp3) is 0.704. The van der Waals surface area contributed by atoms with Gasteiger partial charge in [-0.25, -0.2) is 8.93 Å². The van der Waals surface area contributed by atoms with Crippen LogP contribution in [0, 0.1) is 5.92 Å². The van der Waals surface area contributed by atoms with Crippen LogP contribution in [0.1, 0.15) is 69.6 Å². The van der Waals surface area contributed by atoms with Crippen LogP contribution in [0.25, 0.3) is 0 Å². The van der Waals surface area contributed by atoms with Gasteiger partial charge in [-0.15, -0.1) is 0 Å². The molecule has 1 aliphatic carbocycles. The molecule has 1 N–H and O–H groups in total. The van der Waals surface area contributed by atoms with Crippen molar-refractivity contribution in [3.63, 3.8) is 0 Å². The van der Waals surface area contributed by atoms with E-state index in [-0.39, 0.29) is 81.2 Å². The third kappa shape index (κ3) is 7.42. The molecule has 1 saturated heterocycles. The van der Waals surface area contributed by atoms with Crippen molar-refractivity contribution in [2.45, 2.75) is 101 Å². The first-order valence-electron chi connectivity index (χ1n) is 13.6. The van der Waals surface area contributed by atoms with Crippen molar-refractivity contribution in [2.24, 2.45) is 5.92 Å². The molecular weight excluding hydrogens is 576 g/mol. The smallest absolute Gasteiger partial charge is 0.381 e. The van der Waals surface area contributed by atoms with Gasteiger partial charge in [0.1, 0.15) is 11.0 Å². The summed E-state index contributed by atoms with van der Waals surface area (Å²) in [5.74, 6) is -2.94. The molecule has 230 valence electrons. The predicted molar refractivity (Wildman–Crippen MR) is 138 cm³/mol. The largest absolute Gasteiger partial charge is 0.471 e. The zero-order chi connectivity index (χ0) is 30.3. The molecule has 2 aliphatic heterocycles. The summed E-state index contributed by atoms with van der Waals surface area (Å²) in [6.07, 6.45) is -8.47. The molecule has 7 nitrogen and oxygen atoms in total. The molecule has 2 fully saturated rings. The zero-order valence-corrected chi connectivity index (χ0v) is 24.0. The van der Waals surface area contributed by atoms with E-state index in [0.29, 0.717) is 5.56 Å². The molecule has 2 heterocycles. The SMILES string of the molecule is CC(C)(C)NS(=O)c1cc(C(F)(F)F)cc2c1CCN(C(=O)C1CCC(N(C(=O)C(F)(F)F)C3CCOCC3)C1)C2. The molecule has 3 aliphatic rings. The lowest BCUT2D eigenvalue weighted by Gasteiger charge is -2.39. The van der Waals surface area contributed by atoms with Gasteiger partial charge in [-0.2, -0.15) is 26.3 Å². The standard InChI is InChI=1S/C27H35F6N3O4S/c1-25(2,3)34-41(39)22-14-18(26(28,29)30)12-17-15-35(9-6-21(17)22)23(37)16-4-5-20(13-16)36(24(38)27(31,32)33)19-7-10-40-11-8-19/h12,14,16,19-20,34H,4-11,13,15H2,1-3H3. The second-order valence-electron chi connectivity index (χ2n) is 12.0. The van der Waals surface area contributed by atoms with Crippen LogP contribution in [-0.2, 0) is 44.5 Å². The van der Waals surface area contributed by atoms with E-state index in [1.165, 1.54) is 4.90 Å². The van der Waals surface area contributed by atoms with Crippen LogP contribution < -0.4 is 4.72 Å². The van der Waals surface area contributed by atoms with Crippen molar-refractivity contribution in [3.05, 3.63) is 28.8 Å². The number of amides is 2. The quantitative estimate of drug-likeness (QED) is 0.488. The zero-order valence-electron chi connectivity index (χ0n) is 23.2. The van der Waals surface area contributed by atoms with Crippen LogP contribution in [0.2, 0.25) is 0 Å². The molecule has 0 spiro atoms. The first kappa shape index (κ1) is 31.7. The van der Waals surface area contributed by atoms with Crippen LogP contribution in [0.15, 0.2) is 17.0 Å². The van der Waals surface area contributed by atoms with Gasteiger partial charge in [0, 0.05) is 49.8 Å². The Hall–Kier alpha value is -2.19. The molecule has 4 rings (SSSR count). The number of ether oxygens (including phenoxy) is 1. The number of nitrogens with one attached hydrogen (secondary N) is 1. The highest BCUT2D eigenvalue weighted by Gasteiger charge is 2.49. The van der Waals surface area contributed by atoms with E-state index in [4.69, 9.17) is 4.74 Å². The molecule has 1 aromatic carbocycles. The minimum atomic E-state index is -5.05. The maximum absolute atomic E-state index is 13.7. The second-order valence-corrected chi connectivity index (χ2v) is 13.1. The Morgan fingerprint density at radius 1 is 1.00 bits per heavy atom. The summed E-state index contributed by atoms with van der Waals surface area (Å²) in [7, 11) is -1.93. The summed E-state index contributed by atoms with van der Waals surface area (Å²) in [6, 6.07) is 0.446. The number of rotatable bonds is 5. The van der Waals surface area contributed by atoms with E-state index in [9.17, 15) is 40.1 Å². The molecule has 41 heavy (non-hydrogen) atoms. The first-order chi connectivity index (χ1) is 19.0. The van der Waals surface area contributed by atoms with Crippen LogP contribution in [0.3, 0.4) is 0 Å². The van der Waals surface area contributed by atoms with E-state index in [2.05, 4.69) is 4.72 Å².